The molecule has 1 atom stereocenters. The van der Waals surface area contributed by atoms with Gasteiger partial charge in [0.15, 0.2) is 6.10 Å². The fraction of sp³-hybridized carbons (Fsp3) is 0.0714. The SMILES string of the molecule is O=C(O)C(O)c1ccc(Cl)cc1-c1c(Cl)ccc(Cl)c1Cl. The highest BCUT2D eigenvalue weighted by molar-refractivity contribution is 6.46. The van der Waals surface area contributed by atoms with Crippen LogP contribution >= 0.6 is 46.4 Å². The smallest absolute Gasteiger partial charge is 0.337 e. The van der Waals surface area contributed by atoms with E-state index in [1.165, 1.54) is 30.3 Å². The van der Waals surface area contributed by atoms with Gasteiger partial charge in [0.05, 0.1) is 15.1 Å². The minimum atomic E-state index is -1.73. The topological polar surface area (TPSA) is 57.5 Å². The van der Waals surface area contributed by atoms with Crippen LogP contribution in [0.4, 0.5) is 0 Å². The summed E-state index contributed by atoms with van der Waals surface area (Å²) < 4.78 is 0. The number of carboxylic acid groups (broad SMARTS) is 1. The van der Waals surface area contributed by atoms with Crippen LogP contribution in [0.3, 0.4) is 0 Å². The molecule has 0 radical (unpaired) electrons. The first-order valence-electron chi connectivity index (χ1n) is 5.67. The van der Waals surface area contributed by atoms with E-state index in [9.17, 15) is 9.90 Å². The minimum absolute atomic E-state index is 0.123. The summed E-state index contributed by atoms with van der Waals surface area (Å²) >= 11 is 24.2. The maximum atomic E-state index is 11.0. The quantitative estimate of drug-likeness (QED) is 0.745. The van der Waals surface area contributed by atoms with E-state index in [0.717, 1.165) is 0 Å². The molecule has 0 aliphatic heterocycles. The third kappa shape index (κ3) is 3.28. The number of aliphatic hydroxyl groups excluding tert-OH is 1. The Bertz CT molecular complexity index is 716. The van der Waals surface area contributed by atoms with Crippen molar-refractivity contribution in [1.29, 1.82) is 0 Å². The van der Waals surface area contributed by atoms with Gasteiger partial charge in [-0.05, 0) is 35.4 Å². The van der Waals surface area contributed by atoms with Crippen LogP contribution in [0, 0.1) is 0 Å². The Hall–Kier alpha value is -0.970. The normalized spacial score (nSPS) is 12.2. The number of hydrogen-bond donors (Lipinski definition) is 2. The molecule has 0 amide bonds. The van der Waals surface area contributed by atoms with E-state index >= 15 is 0 Å². The summed E-state index contributed by atoms with van der Waals surface area (Å²) in [6.07, 6.45) is -1.73. The molecule has 21 heavy (non-hydrogen) atoms. The fourth-order valence-corrected chi connectivity index (χ4v) is 2.79. The first kappa shape index (κ1) is 16.4. The molecule has 3 nitrogen and oxygen atoms in total. The molecule has 0 spiro atoms. The van der Waals surface area contributed by atoms with Gasteiger partial charge in [0.2, 0.25) is 0 Å². The average Bonchev–Trinajstić information content (AvgIpc) is 2.43. The van der Waals surface area contributed by atoms with Gasteiger partial charge in [0.25, 0.3) is 0 Å². The maximum absolute atomic E-state index is 11.0. The molecular weight excluding hydrogens is 358 g/mol. The van der Waals surface area contributed by atoms with Crippen molar-refractivity contribution in [2.24, 2.45) is 0 Å². The Balaban J connectivity index is 2.77. The number of aliphatic hydroxyl groups is 1. The molecule has 7 heteroatoms. The van der Waals surface area contributed by atoms with Gasteiger partial charge in [-0.1, -0.05) is 52.5 Å². The van der Waals surface area contributed by atoms with Crippen LogP contribution in [0.2, 0.25) is 20.1 Å². The molecule has 0 aromatic heterocycles. The van der Waals surface area contributed by atoms with Gasteiger partial charge in [-0.15, -0.1) is 0 Å². The van der Waals surface area contributed by atoms with E-state index in [2.05, 4.69) is 0 Å². The van der Waals surface area contributed by atoms with Gasteiger partial charge >= 0.3 is 5.97 Å². The number of carbonyl (C=O) groups is 1. The summed E-state index contributed by atoms with van der Waals surface area (Å²) in [6, 6.07) is 7.41. The van der Waals surface area contributed by atoms with Crippen molar-refractivity contribution in [2.75, 3.05) is 0 Å². The van der Waals surface area contributed by atoms with Crippen LogP contribution < -0.4 is 0 Å². The molecule has 0 saturated carbocycles. The largest absolute Gasteiger partial charge is 0.479 e. The first-order chi connectivity index (χ1) is 9.82. The summed E-state index contributed by atoms with van der Waals surface area (Å²) in [5.74, 6) is -1.40. The van der Waals surface area contributed by atoms with E-state index in [0.29, 0.717) is 16.1 Å². The minimum Gasteiger partial charge on any atom is -0.479 e. The molecule has 0 bridgehead atoms. The maximum Gasteiger partial charge on any atom is 0.337 e. The Morgan fingerprint density at radius 2 is 1.62 bits per heavy atom. The van der Waals surface area contributed by atoms with Crippen molar-refractivity contribution in [3.8, 4) is 11.1 Å². The second kappa shape index (κ2) is 6.42. The molecular formula is C14H8Cl4O3. The number of aliphatic carboxylic acids is 1. The highest BCUT2D eigenvalue weighted by Crippen LogP contribution is 2.42. The van der Waals surface area contributed by atoms with Crippen molar-refractivity contribution in [3.63, 3.8) is 0 Å². The number of hydrogen-bond acceptors (Lipinski definition) is 2. The lowest BCUT2D eigenvalue weighted by Gasteiger charge is -2.16. The molecule has 0 heterocycles. The number of halogens is 4. The molecule has 110 valence electrons. The summed E-state index contributed by atoms with van der Waals surface area (Å²) in [4.78, 5) is 11.0. The standard InChI is InChI=1S/C14H8Cl4O3/c15-6-1-2-7(13(19)14(20)21)8(5-6)11-9(16)3-4-10(17)12(11)18/h1-5,13,19H,(H,20,21). The molecule has 2 rings (SSSR count). The lowest BCUT2D eigenvalue weighted by Crippen LogP contribution is -2.11. The Labute approximate surface area is 140 Å². The van der Waals surface area contributed by atoms with E-state index in [4.69, 9.17) is 51.5 Å². The zero-order valence-electron chi connectivity index (χ0n) is 10.3. The van der Waals surface area contributed by atoms with Crippen molar-refractivity contribution < 1.29 is 15.0 Å². The predicted octanol–water partition coefficient (Wildman–Crippen LogP) is 5.09. The Kier molecular flexibility index (Phi) is 5.02. The Morgan fingerprint density at radius 3 is 2.24 bits per heavy atom. The van der Waals surface area contributed by atoms with Crippen LogP contribution in [0.15, 0.2) is 30.3 Å². The second-order valence-corrected chi connectivity index (χ2v) is 5.82. The lowest BCUT2D eigenvalue weighted by atomic mass is 9.96. The van der Waals surface area contributed by atoms with Gasteiger partial charge in [0, 0.05) is 10.6 Å². The highest BCUT2D eigenvalue weighted by atomic mass is 35.5. The molecule has 0 saturated heterocycles. The molecule has 0 aliphatic carbocycles. The Morgan fingerprint density at radius 1 is 1.00 bits per heavy atom. The summed E-state index contributed by atoms with van der Waals surface area (Å²) in [6.45, 7) is 0. The van der Waals surface area contributed by atoms with Gasteiger partial charge in [-0.2, -0.15) is 0 Å². The molecule has 0 aliphatic rings. The molecule has 2 aromatic carbocycles. The van der Waals surface area contributed by atoms with Crippen molar-refractivity contribution in [2.45, 2.75) is 6.10 Å². The molecule has 0 fully saturated rings. The van der Waals surface area contributed by atoms with Gasteiger partial charge in [-0.25, -0.2) is 4.79 Å². The fourth-order valence-electron chi connectivity index (χ4n) is 1.89. The zero-order chi connectivity index (χ0) is 15.7. The van der Waals surface area contributed by atoms with E-state index in [1.54, 1.807) is 0 Å². The highest BCUT2D eigenvalue weighted by Gasteiger charge is 2.23. The third-order valence-corrected chi connectivity index (χ3v) is 4.21. The summed E-state index contributed by atoms with van der Waals surface area (Å²) in [7, 11) is 0. The zero-order valence-corrected chi connectivity index (χ0v) is 13.3. The van der Waals surface area contributed by atoms with Crippen LogP contribution in [-0.2, 0) is 4.79 Å². The van der Waals surface area contributed by atoms with Gasteiger partial charge < -0.3 is 10.2 Å². The second-order valence-electron chi connectivity index (χ2n) is 4.19. The van der Waals surface area contributed by atoms with Crippen LogP contribution in [0.25, 0.3) is 11.1 Å². The first-order valence-corrected chi connectivity index (χ1v) is 7.18. The van der Waals surface area contributed by atoms with Crippen LogP contribution in [0.5, 0.6) is 0 Å². The lowest BCUT2D eigenvalue weighted by molar-refractivity contribution is -0.146. The van der Waals surface area contributed by atoms with Crippen LogP contribution in [-0.4, -0.2) is 16.2 Å². The molecule has 1 unspecified atom stereocenters. The van der Waals surface area contributed by atoms with Gasteiger partial charge in [-0.3, -0.25) is 0 Å². The monoisotopic (exact) mass is 364 g/mol. The third-order valence-electron chi connectivity index (χ3n) is 2.86. The van der Waals surface area contributed by atoms with Gasteiger partial charge in [0.1, 0.15) is 0 Å². The van der Waals surface area contributed by atoms with Crippen molar-refractivity contribution in [1.82, 2.24) is 0 Å². The summed E-state index contributed by atoms with van der Waals surface area (Å²) in [5, 5.41) is 19.8. The molecule has 2 N–H and O–H groups in total. The number of carboxylic acids is 1. The number of rotatable bonds is 3. The summed E-state index contributed by atoms with van der Waals surface area (Å²) in [5.41, 5.74) is 0.761. The van der Waals surface area contributed by atoms with E-state index < -0.39 is 12.1 Å². The van der Waals surface area contributed by atoms with Crippen molar-refractivity contribution >= 4 is 52.4 Å². The van der Waals surface area contributed by atoms with E-state index in [1.807, 2.05) is 0 Å². The predicted molar refractivity (Wildman–Crippen MR) is 84.5 cm³/mol. The van der Waals surface area contributed by atoms with Crippen molar-refractivity contribution in [3.05, 3.63) is 56.0 Å². The molecule has 2 aromatic rings. The number of benzene rings is 2. The van der Waals surface area contributed by atoms with Crippen LogP contribution in [0.1, 0.15) is 11.7 Å². The van der Waals surface area contributed by atoms with E-state index in [-0.39, 0.29) is 20.6 Å². The average molecular weight is 366 g/mol.